The molecule has 0 saturated carbocycles. The number of carboxylic acid groups (broad SMARTS) is 1. The number of amides is 1. The van der Waals surface area contributed by atoms with E-state index in [2.05, 4.69) is 10.4 Å². The summed E-state index contributed by atoms with van der Waals surface area (Å²) < 4.78 is 6.93. The van der Waals surface area contributed by atoms with Crippen LogP contribution < -0.4 is 5.32 Å². The molecular weight excluding hydrogens is 334 g/mol. The average Bonchev–Trinajstić information content (AvgIpc) is 2.81. The molecule has 0 radical (unpaired) electrons. The first-order valence-electron chi connectivity index (χ1n) is 8.41. The van der Waals surface area contributed by atoms with E-state index in [-0.39, 0.29) is 6.42 Å². The summed E-state index contributed by atoms with van der Waals surface area (Å²) in [6.45, 7) is 8.88. The van der Waals surface area contributed by atoms with E-state index in [0.29, 0.717) is 0 Å². The Morgan fingerprint density at radius 1 is 1.23 bits per heavy atom. The van der Waals surface area contributed by atoms with Crippen molar-refractivity contribution in [2.45, 2.75) is 52.7 Å². The summed E-state index contributed by atoms with van der Waals surface area (Å²) in [5.74, 6) is -1.12. The predicted octanol–water partition coefficient (Wildman–Crippen LogP) is 3.01. The number of carbonyl (C=O) groups is 2. The minimum absolute atomic E-state index is 0.124. The van der Waals surface area contributed by atoms with Gasteiger partial charge in [0.25, 0.3) is 0 Å². The molecule has 1 atom stereocenters. The van der Waals surface area contributed by atoms with Crippen LogP contribution in [0.15, 0.2) is 30.3 Å². The molecule has 1 amide bonds. The second-order valence-electron chi connectivity index (χ2n) is 7.14. The fourth-order valence-corrected chi connectivity index (χ4v) is 2.65. The van der Waals surface area contributed by atoms with Crippen molar-refractivity contribution in [2.24, 2.45) is 0 Å². The van der Waals surface area contributed by atoms with Gasteiger partial charge in [0, 0.05) is 12.1 Å². The van der Waals surface area contributed by atoms with Crippen LogP contribution >= 0.6 is 0 Å². The molecule has 2 aromatic rings. The number of nitrogens with zero attached hydrogens (tertiary/aromatic N) is 2. The first-order valence-corrected chi connectivity index (χ1v) is 8.41. The number of nitrogens with one attached hydrogen (secondary N) is 1. The molecule has 1 aromatic carbocycles. The first-order chi connectivity index (χ1) is 12.1. The van der Waals surface area contributed by atoms with Crippen molar-refractivity contribution in [1.82, 2.24) is 15.1 Å². The molecule has 1 heterocycles. The highest BCUT2D eigenvalue weighted by molar-refractivity contribution is 5.80. The fourth-order valence-electron chi connectivity index (χ4n) is 2.65. The van der Waals surface area contributed by atoms with E-state index in [1.165, 1.54) is 0 Å². The number of carboxylic acids is 1. The molecule has 0 spiro atoms. The third-order valence-corrected chi connectivity index (χ3v) is 3.84. The van der Waals surface area contributed by atoms with Crippen LogP contribution in [-0.2, 0) is 16.0 Å². The molecule has 1 aromatic heterocycles. The van der Waals surface area contributed by atoms with E-state index in [9.17, 15) is 14.7 Å². The molecule has 0 aliphatic carbocycles. The Kier molecular flexibility index (Phi) is 5.69. The maximum Gasteiger partial charge on any atom is 0.408 e. The lowest BCUT2D eigenvalue weighted by Gasteiger charge is -2.22. The number of aliphatic carboxylic acids is 1. The molecule has 1 unspecified atom stereocenters. The number of rotatable bonds is 5. The summed E-state index contributed by atoms with van der Waals surface area (Å²) in [5.41, 5.74) is 2.55. The van der Waals surface area contributed by atoms with E-state index in [1.54, 1.807) is 25.5 Å². The van der Waals surface area contributed by atoms with Crippen molar-refractivity contribution in [3.05, 3.63) is 47.3 Å². The van der Waals surface area contributed by atoms with Gasteiger partial charge in [-0.2, -0.15) is 5.10 Å². The zero-order valence-corrected chi connectivity index (χ0v) is 15.7. The van der Waals surface area contributed by atoms with Crippen molar-refractivity contribution >= 4 is 12.1 Å². The quantitative estimate of drug-likeness (QED) is 0.856. The van der Waals surface area contributed by atoms with E-state index < -0.39 is 23.7 Å². The Balaban J connectivity index is 2.23. The summed E-state index contributed by atoms with van der Waals surface area (Å²) in [5, 5.41) is 16.4. The van der Waals surface area contributed by atoms with E-state index in [0.717, 1.165) is 22.6 Å². The Morgan fingerprint density at radius 3 is 2.38 bits per heavy atom. The molecule has 0 fully saturated rings. The van der Waals surface area contributed by atoms with Gasteiger partial charge >= 0.3 is 12.1 Å². The molecule has 0 bridgehead atoms. The van der Waals surface area contributed by atoms with Crippen LogP contribution in [0.5, 0.6) is 0 Å². The zero-order valence-electron chi connectivity index (χ0n) is 15.7. The molecule has 0 aliphatic heterocycles. The topological polar surface area (TPSA) is 93.5 Å². The Morgan fingerprint density at radius 2 is 1.85 bits per heavy atom. The van der Waals surface area contributed by atoms with Gasteiger partial charge in [-0.25, -0.2) is 14.3 Å². The van der Waals surface area contributed by atoms with Crippen LogP contribution in [0.25, 0.3) is 5.69 Å². The number of alkyl carbamates (subject to hydrolysis) is 1. The number of ether oxygens (including phenoxy) is 1. The highest BCUT2D eigenvalue weighted by Crippen LogP contribution is 2.19. The van der Waals surface area contributed by atoms with Crippen molar-refractivity contribution in [3.63, 3.8) is 0 Å². The lowest BCUT2D eigenvalue weighted by atomic mass is 10.0. The summed E-state index contributed by atoms with van der Waals surface area (Å²) in [4.78, 5) is 23.5. The molecular formula is C19H25N3O4. The Labute approximate surface area is 153 Å². The van der Waals surface area contributed by atoms with Gasteiger partial charge in [0.2, 0.25) is 0 Å². The van der Waals surface area contributed by atoms with E-state index in [1.807, 2.05) is 44.2 Å². The molecule has 26 heavy (non-hydrogen) atoms. The largest absolute Gasteiger partial charge is 0.480 e. The SMILES string of the molecule is Cc1nn(-c2ccccc2)c(C)c1CC(NC(=O)OC(C)(C)C)C(=O)O. The minimum atomic E-state index is -1.12. The highest BCUT2D eigenvalue weighted by atomic mass is 16.6. The molecule has 0 aliphatic rings. The molecule has 7 nitrogen and oxygen atoms in total. The summed E-state index contributed by atoms with van der Waals surface area (Å²) in [6.07, 6.45) is -0.630. The van der Waals surface area contributed by atoms with Gasteiger partial charge in [0.1, 0.15) is 11.6 Å². The molecule has 2 N–H and O–H groups in total. The lowest BCUT2D eigenvalue weighted by molar-refractivity contribution is -0.139. The predicted molar refractivity (Wildman–Crippen MR) is 97.5 cm³/mol. The average molecular weight is 359 g/mol. The van der Waals surface area contributed by atoms with Crippen LogP contribution in [-0.4, -0.2) is 38.6 Å². The highest BCUT2D eigenvalue weighted by Gasteiger charge is 2.26. The fraction of sp³-hybridized carbons (Fsp3) is 0.421. The number of aryl methyl sites for hydroxylation is 1. The number of benzene rings is 1. The third kappa shape index (κ3) is 4.84. The molecule has 0 saturated heterocycles. The minimum Gasteiger partial charge on any atom is -0.480 e. The second-order valence-corrected chi connectivity index (χ2v) is 7.14. The van der Waals surface area contributed by atoms with Crippen LogP contribution in [0.1, 0.15) is 37.7 Å². The van der Waals surface area contributed by atoms with Gasteiger partial charge in [0.05, 0.1) is 11.4 Å². The third-order valence-electron chi connectivity index (χ3n) is 3.84. The summed E-state index contributed by atoms with van der Waals surface area (Å²) in [7, 11) is 0. The second kappa shape index (κ2) is 7.59. The van der Waals surface area contributed by atoms with Crippen molar-refractivity contribution in [2.75, 3.05) is 0 Å². The summed E-state index contributed by atoms with van der Waals surface area (Å²) >= 11 is 0. The zero-order chi connectivity index (χ0) is 19.5. The van der Waals surface area contributed by atoms with Crippen LogP contribution in [0, 0.1) is 13.8 Å². The van der Waals surface area contributed by atoms with Gasteiger partial charge < -0.3 is 15.2 Å². The number of hydrogen-bond donors (Lipinski definition) is 2. The van der Waals surface area contributed by atoms with Gasteiger partial charge in [-0.15, -0.1) is 0 Å². The number of hydrogen-bond acceptors (Lipinski definition) is 4. The van der Waals surface area contributed by atoms with E-state index >= 15 is 0 Å². The van der Waals surface area contributed by atoms with Crippen molar-refractivity contribution in [3.8, 4) is 5.69 Å². The smallest absolute Gasteiger partial charge is 0.408 e. The number of aromatic nitrogens is 2. The Hall–Kier alpha value is -2.83. The van der Waals surface area contributed by atoms with Gasteiger partial charge in [-0.3, -0.25) is 0 Å². The van der Waals surface area contributed by atoms with E-state index in [4.69, 9.17) is 4.74 Å². The number of para-hydroxylation sites is 1. The van der Waals surface area contributed by atoms with Gasteiger partial charge in [-0.1, -0.05) is 18.2 Å². The maximum absolute atomic E-state index is 11.9. The molecule has 140 valence electrons. The standard InChI is InChI=1S/C19H25N3O4/c1-12-15(13(2)22(21-12)14-9-7-6-8-10-14)11-16(17(23)24)20-18(25)26-19(3,4)5/h6-10,16H,11H2,1-5H3,(H,20,25)(H,23,24). The van der Waals surface area contributed by atoms with Crippen LogP contribution in [0.4, 0.5) is 4.79 Å². The van der Waals surface area contributed by atoms with Crippen molar-refractivity contribution < 1.29 is 19.4 Å². The normalized spacial score (nSPS) is 12.5. The number of carbonyl (C=O) groups excluding carboxylic acids is 1. The molecule has 7 heteroatoms. The van der Waals surface area contributed by atoms with Gasteiger partial charge in [0.15, 0.2) is 0 Å². The summed E-state index contributed by atoms with van der Waals surface area (Å²) in [6, 6.07) is 8.50. The first kappa shape index (κ1) is 19.5. The van der Waals surface area contributed by atoms with Crippen LogP contribution in [0.3, 0.4) is 0 Å². The van der Waals surface area contributed by atoms with Crippen LogP contribution in [0.2, 0.25) is 0 Å². The lowest BCUT2D eigenvalue weighted by Crippen LogP contribution is -2.44. The maximum atomic E-state index is 11.9. The molecule has 2 rings (SSSR count). The Bertz CT molecular complexity index is 791. The van der Waals surface area contributed by atoms with Crippen molar-refractivity contribution in [1.29, 1.82) is 0 Å². The monoisotopic (exact) mass is 359 g/mol. The van der Waals surface area contributed by atoms with Gasteiger partial charge in [-0.05, 0) is 52.3 Å².